The molecule has 0 unspecified atom stereocenters. The van der Waals surface area contributed by atoms with E-state index in [4.69, 9.17) is 9.16 Å². The van der Waals surface area contributed by atoms with Crippen molar-refractivity contribution >= 4 is 14.6 Å². The van der Waals surface area contributed by atoms with Crippen LogP contribution in [0.5, 0.6) is 0 Å². The zero-order valence-corrected chi connectivity index (χ0v) is 16.1. The van der Waals surface area contributed by atoms with Crippen molar-refractivity contribution in [3.63, 3.8) is 0 Å². The van der Waals surface area contributed by atoms with Crippen LogP contribution in [-0.2, 0) is 14.0 Å². The van der Waals surface area contributed by atoms with Gasteiger partial charge in [-0.25, -0.2) is 8.78 Å². The van der Waals surface area contributed by atoms with Crippen molar-refractivity contribution in [2.75, 3.05) is 0 Å². The van der Waals surface area contributed by atoms with Gasteiger partial charge in [0, 0.05) is 18.3 Å². The minimum absolute atomic E-state index is 0.264. The molecule has 2 aliphatic rings. The summed E-state index contributed by atoms with van der Waals surface area (Å²) in [7, 11) is -2.58. The van der Waals surface area contributed by atoms with Crippen LogP contribution in [0.15, 0.2) is 0 Å². The number of hydrogen-bond acceptors (Lipinski definition) is 5. The van der Waals surface area contributed by atoms with Crippen molar-refractivity contribution in [3.05, 3.63) is 0 Å². The van der Waals surface area contributed by atoms with E-state index < -0.39 is 50.2 Å². The third-order valence-electron chi connectivity index (χ3n) is 5.66. The summed E-state index contributed by atoms with van der Waals surface area (Å²) in [5, 5.41) is 19.4. The van der Waals surface area contributed by atoms with Crippen molar-refractivity contribution in [2.45, 2.75) is 88.7 Å². The first-order chi connectivity index (χ1) is 10.6. The molecule has 1 aliphatic carbocycles. The topological polar surface area (TPSA) is 79.3 Å². The predicted molar refractivity (Wildman–Crippen MR) is 86.3 cm³/mol. The van der Waals surface area contributed by atoms with Crippen molar-refractivity contribution < 1.29 is 33.0 Å². The smallest absolute Gasteiger partial charge is 0.301 e. The van der Waals surface area contributed by atoms with E-state index in [1.807, 2.05) is 33.9 Å². The Labute approximate surface area is 142 Å². The Morgan fingerprint density at radius 3 is 2.17 bits per heavy atom. The quantitative estimate of drug-likeness (QED) is 0.327. The van der Waals surface area contributed by atoms with E-state index in [0.717, 1.165) is 6.92 Å². The summed E-state index contributed by atoms with van der Waals surface area (Å²) in [5.41, 5.74) is -1.44. The van der Waals surface area contributed by atoms with Gasteiger partial charge in [-0.15, -0.1) is 0 Å². The van der Waals surface area contributed by atoms with Gasteiger partial charge in [0.2, 0.25) is 0 Å². The first-order valence-electron chi connectivity index (χ1n) is 8.18. The van der Waals surface area contributed by atoms with Gasteiger partial charge in [0.25, 0.3) is 0 Å². The van der Waals surface area contributed by atoms with E-state index in [0.29, 0.717) is 6.29 Å². The molecule has 0 aromatic heterocycles. The number of aldehydes is 1. The molecule has 0 bridgehead atoms. The van der Waals surface area contributed by atoms with Crippen LogP contribution in [0.4, 0.5) is 8.78 Å². The molecule has 5 nitrogen and oxygen atoms in total. The molecule has 2 N–H and O–H groups in total. The van der Waals surface area contributed by atoms with Gasteiger partial charge in [-0.1, -0.05) is 20.8 Å². The van der Waals surface area contributed by atoms with Gasteiger partial charge in [-0.05, 0) is 25.1 Å². The molecule has 0 aromatic rings. The van der Waals surface area contributed by atoms with Gasteiger partial charge < -0.3 is 24.2 Å². The summed E-state index contributed by atoms with van der Waals surface area (Å²) in [6.45, 7) is 10.7. The summed E-state index contributed by atoms with van der Waals surface area (Å²) in [6.07, 6.45) is -3.93. The van der Waals surface area contributed by atoms with Crippen molar-refractivity contribution in [1.82, 2.24) is 0 Å². The fraction of sp³-hybridized carbons (Fsp3) is 0.938. The maximum absolute atomic E-state index is 14.8. The predicted octanol–water partition coefficient (Wildman–Crippen LogP) is 2.46. The lowest BCUT2D eigenvalue weighted by atomic mass is 9.74. The average Bonchev–Trinajstić information content (AvgIpc) is 3.09. The molecule has 4 atom stereocenters. The second kappa shape index (κ2) is 5.54. The number of alkyl halides is 2. The van der Waals surface area contributed by atoms with Crippen LogP contribution in [0.2, 0.25) is 18.1 Å². The van der Waals surface area contributed by atoms with Crippen LogP contribution in [-0.4, -0.2) is 54.8 Å². The number of carbonyl (C=O) groups excluding carboxylic acids is 1. The lowest BCUT2D eigenvalue weighted by Gasteiger charge is -2.46. The molecule has 24 heavy (non-hydrogen) atoms. The Balaban J connectivity index is 2.45. The molecule has 0 spiro atoms. The highest BCUT2D eigenvalue weighted by atomic mass is 28.4. The van der Waals surface area contributed by atoms with Gasteiger partial charge in [-0.3, -0.25) is 0 Å². The van der Waals surface area contributed by atoms with E-state index in [1.54, 1.807) is 0 Å². The van der Waals surface area contributed by atoms with Crippen LogP contribution in [0.25, 0.3) is 0 Å². The number of aliphatic hydroxyl groups is 2. The van der Waals surface area contributed by atoms with Crippen LogP contribution >= 0.6 is 0 Å². The molecule has 8 heteroatoms. The summed E-state index contributed by atoms with van der Waals surface area (Å²) in [6, 6.07) is 0. The van der Waals surface area contributed by atoms with Gasteiger partial charge in [0.1, 0.15) is 12.4 Å². The summed E-state index contributed by atoms with van der Waals surface area (Å²) < 4.78 is 40.8. The zero-order chi connectivity index (χ0) is 18.8. The molecule has 1 saturated carbocycles. The fourth-order valence-corrected chi connectivity index (χ4v) is 4.79. The van der Waals surface area contributed by atoms with Gasteiger partial charge in [0.05, 0.1) is 6.10 Å². The SMILES string of the molecule is CC(O)(O)C[C@]1(CC=O)[C@@H]2O[C@@H]2C(F)(F)[C@@H]1O[Si](C)(C)C(C)(C)C. The van der Waals surface area contributed by atoms with E-state index in [1.165, 1.54) is 0 Å². The van der Waals surface area contributed by atoms with Gasteiger partial charge >= 0.3 is 5.92 Å². The maximum Gasteiger partial charge on any atom is 0.301 e. The third-order valence-corrected chi connectivity index (χ3v) is 10.1. The number of rotatable bonds is 6. The zero-order valence-electron chi connectivity index (χ0n) is 15.1. The molecule has 0 amide bonds. The molecule has 1 saturated heterocycles. The molecule has 1 heterocycles. The highest BCUT2D eigenvalue weighted by molar-refractivity contribution is 6.74. The standard InChI is InChI=1S/C16H28F2O5Si/c1-13(2,3)24(5,6)23-12-15(7-8-19,9-14(4,20)21)10-11(22-10)16(12,17)18/h8,10-12,20-21H,7,9H2,1-6H3/t10-,11+,12-,15-/m1/s1. The van der Waals surface area contributed by atoms with Crippen LogP contribution in [0, 0.1) is 5.41 Å². The summed E-state index contributed by atoms with van der Waals surface area (Å²) in [5.74, 6) is -5.47. The van der Waals surface area contributed by atoms with Crippen molar-refractivity contribution in [3.8, 4) is 0 Å². The van der Waals surface area contributed by atoms with E-state index in [2.05, 4.69) is 0 Å². The minimum Gasteiger partial charge on any atom is -0.407 e. The second-order valence-corrected chi connectivity index (χ2v) is 13.7. The largest absolute Gasteiger partial charge is 0.407 e. The van der Waals surface area contributed by atoms with E-state index in [9.17, 15) is 23.8 Å². The lowest BCUT2D eigenvalue weighted by Crippen LogP contribution is -2.57. The summed E-state index contributed by atoms with van der Waals surface area (Å²) >= 11 is 0. The molecule has 0 radical (unpaired) electrons. The fourth-order valence-electron chi connectivity index (χ4n) is 3.46. The van der Waals surface area contributed by atoms with Crippen LogP contribution < -0.4 is 0 Å². The number of epoxide rings is 1. The molecular formula is C16H28F2O5Si. The lowest BCUT2D eigenvalue weighted by molar-refractivity contribution is -0.212. The third kappa shape index (κ3) is 3.19. The monoisotopic (exact) mass is 366 g/mol. The highest BCUT2D eigenvalue weighted by Gasteiger charge is 2.80. The first kappa shape index (κ1) is 19.9. The number of fused-ring (bicyclic) bond motifs is 1. The number of ether oxygens (including phenoxy) is 1. The Bertz CT molecular complexity index is 512. The minimum atomic E-state index is -3.27. The Morgan fingerprint density at radius 1 is 1.21 bits per heavy atom. The van der Waals surface area contributed by atoms with Gasteiger partial charge in [-0.2, -0.15) is 0 Å². The molecule has 1 aliphatic heterocycles. The molecule has 140 valence electrons. The number of hydrogen-bond donors (Lipinski definition) is 2. The van der Waals surface area contributed by atoms with Crippen molar-refractivity contribution in [2.24, 2.45) is 5.41 Å². The van der Waals surface area contributed by atoms with Gasteiger partial charge in [0.15, 0.2) is 20.2 Å². The highest BCUT2D eigenvalue weighted by Crippen LogP contribution is 2.64. The van der Waals surface area contributed by atoms with E-state index in [-0.39, 0.29) is 11.5 Å². The Morgan fingerprint density at radius 2 is 1.75 bits per heavy atom. The van der Waals surface area contributed by atoms with Crippen molar-refractivity contribution in [1.29, 1.82) is 0 Å². The Hall–Kier alpha value is -0.413. The molecular weight excluding hydrogens is 338 g/mol. The first-order valence-corrected chi connectivity index (χ1v) is 11.1. The molecule has 0 aromatic carbocycles. The maximum atomic E-state index is 14.8. The number of carbonyl (C=O) groups is 1. The van der Waals surface area contributed by atoms with Crippen LogP contribution in [0.3, 0.4) is 0 Å². The average molecular weight is 366 g/mol. The van der Waals surface area contributed by atoms with E-state index >= 15 is 0 Å². The van der Waals surface area contributed by atoms with Crippen LogP contribution in [0.1, 0.15) is 40.5 Å². The normalized spacial score (nSPS) is 35.7. The molecule has 2 fully saturated rings. The summed E-state index contributed by atoms with van der Waals surface area (Å²) in [4.78, 5) is 11.2. The second-order valence-electron chi connectivity index (χ2n) is 8.91. The molecule has 2 rings (SSSR count). The Kier molecular flexibility index (Phi) is 4.60. The number of halogens is 2.